The molecular formula is C12H18N4O6S2. The first kappa shape index (κ1) is 18.6. The summed E-state index contributed by atoms with van der Waals surface area (Å²) in [4.78, 5) is 10.1. The number of rotatable bonds is 5. The van der Waals surface area contributed by atoms with Gasteiger partial charge in [-0.15, -0.1) is 0 Å². The Balaban J connectivity index is 2.63. The minimum absolute atomic E-state index is 0.165. The standard InChI is InChI=1S/C12H18N4O6S2/c1-23(19,20)15(9-4-6-14-7-5-9)11-3-2-10(24(13,21)22)8-12(11)16(17)18/h2-3,8-9,14H,4-7H2,1H3,(H2,13,21,22). The highest BCUT2D eigenvalue weighted by molar-refractivity contribution is 7.92. The summed E-state index contributed by atoms with van der Waals surface area (Å²) >= 11 is 0. The van der Waals surface area contributed by atoms with Crippen molar-refractivity contribution in [2.24, 2.45) is 5.14 Å². The lowest BCUT2D eigenvalue weighted by molar-refractivity contribution is -0.384. The van der Waals surface area contributed by atoms with E-state index < -0.39 is 41.6 Å². The molecule has 134 valence electrons. The summed E-state index contributed by atoms with van der Waals surface area (Å²) in [6.45, 7) is 1.17. The van der Waals surface area contributed by atoms with E-state index in [4.69, 9.17) is 5.14 Å². The molecule has 0 atom stereocenters. The van der Waals surface area contributed by atoms with Gasteiger partial charge < -0.3 is 5.32 Å². The highest BCUT2D eigenvalue weighted by Gasteiger charge is 2.33. The van der Waals surface area contributed by atoms with Crippen LogP contribution in [0.5, 0.6) is 0 Å². The van der Waals surface area contributed by atoms with Gasteiger partial charge in [0.2, 0.25) is 20.0 Å². The minimum atomic E-state index is -4.14. The molecule has 3 N–H and O–H groups in total. The van der Waals surface area contributed by atoms with Crippen LogP contribution in [-0.4, -0.2) is 47.1 Å². The maximum Gasteiger partial charge on any atom is 0.294 e. The first-order chi connectivity index (χ1) is 11.0. The number of piperidine rings is 1. The van der Waals surface area contributed by atoms with Gasteiger partial charge in [-0.1, -0.05) is 0 Å². The molecule has 0 aromatic heterocycles. The van der Waals surface area contributed by atoms with Gasteiger partial charge in [0.25, 0.3) is 5.69 Å². The SMILES string of the molecule is CS(=O)(=O)N(c1ccc(S(N)(=O)=O)cc1[N+](=O)[O-])C1CCNCC1. The quantitative estimate of drug-likeness (QED) is 0.529. The molecule has 0 aliphatic carbocycles. The predicted octanol–water partition coefficient (Wildman–Crippen LogP) is -0.240. The largest absolute Gasteiger partial charge is 0.317 e. The third kappa shape index (κ3) is 4.01. The second-order valence-corrected chi connectivity index (χ2v) is 8.91. The Morgan fingerprint density at radius 3 is 2.29 bits per heavy atom. The number of sulfonamides is 2. The van der Waals surface area contributed by atoms with Gasteiger partial charge in [0.15, 0.2) is 0 Å². The van der Waals surface area contributed by atoms with Crippen molar-refractivity contribution in [2.45, 2.75) is 23.8 Å². The van der Waals surface area contributed by atoms with E-state index in [-0.39, 0.29) is 5.69 Å². The van der Waals surface area contributed by atoms with E-state index in [1.165, 1.54) is 0 Å². The molecule has 1 aromatic rings. The fourth-order valence-electron chi connectivity index (χ4n) is 2.70. The zero-order chi connectivity index (χ0) is 18.1. The van der Waals surface area contributed by atoms with Crippen LogP contribution in [0.2, 0.25) is 0 Å². The molecule has 1 aliphatic rings. The van der Waals surface area contributed by atoms with Crippen LogP contribution in [0.15, 0.2) is 23.1 Å². The van der Waals surface area contributed by atoms with Crippen molar-refractivity contribution < 1.29 is 21.8 Å². The summed E-state index contributed by atoms with van der Waals surface area (Å²) in [5.41, 5.74) is -0.785. The van der Waals surface area contributed by atoms with Crippen molar-refractivity contribution in [1.29, 1.82) is 0 Å². The molecule has 0 saturated carbocycles. The Hall–Kier alpha value is -1.76. The first-order valence-corrected chi connectivity index (χ1v) is 10.4. The van der Waals surface area contributed by atoms with Gasteiger partial charge in [-0.25, -0.2) is 22.0 Å². The van der Waals surface area contributed by atoms with Crippen molar-refractivity contribution >= 4 is 31.4 Å². The lowest BCUT2D eigenvalue weighted by Gasteiger charge is -2.34. The lowest BCUT2D eigenvalue weighted by Crippen LogP contribution is -2.46. The van der Waals surface area contributed by atoms with Crippen LogP contribution in [-0.2, 0) is 20.0 Å². The normalized spacial score (nSPS) is 16.8. The Bertz CT molecular complexity index is 846. The zero-order valence-electron chi connectivity index (χ0n) is 12.9. The number of nitro benzene ring substituents is 1. The van der Waals surface area contributed by atoms with E-state index in [0.29, 0.717) is 25.9 Å². The smallest absolute Gasteiger partial charge is 0.294 e. The number of nitrogens with zero attached hydrogens (tertiary/aromatic N) is 2. The fraction of sp³-hybridized carbons (Fsp3) is 0.500. The van der Waals surface area contributed by atoms with Gasteiger partial charge in [0.05, 0.1) is 16.1 Å². The van der Waals surface area contributed by atoms with Crippen LogP contribution in [0, 0.1) is 10.1 Å². The lowest BCUT2D eigenvalue weighted by atomic mass is 10.1. The Morgan fingerprint density at radius 2 is 1.83 bits per heavy atom. The number of hydrogen-bond donors (Lipinski definition) is 2. The monoisotopic (exact) mass is 378 g/mol. The summed E-state index contributed by atoms with van der Waals surface area (Å²) in [6, 6.07) is 2.52. The van der Waals surface area contributed by atoms with Gasteiger partial charge in [-0.3, -0.25) is 14.4 Å². The number of nitrogens with two attached hydrogens (primary N) is 1. The Kier molecular flexibility index (Phi) is 5.13. The molecule has 1 saturated heterocycles. The second kappa shape index (κ2) is 6.63. The molecule has 1 heterocycles. The van der Waals surface area contributed by atoms with E-state index in [1.807, 2.05) is 0 Å². The van der Waals surface area contributed by atoms with Crippen molar-refractivity contribution in [3.8, 4) is 0 Å². The molecule has 0 amide bonds. The van der Waals surface area contributed by atoms with E-state index in [1.54, 1.807) is 0 Å². The molecular weight excluding hydrogens is 360 g/mol. The fourth-order valence-corrected chi connectivity index (χ4v) is 4.50. The number of benzene rings is 1. The number of nitrogens with one attached hydrogen (secondary N) is 1. The highest BCUT2D eigenvalue weighted by atomic mass is 32.2. The van der Waals surface area contributed by atoms with E-state index in [0.717, 1.165) is 28.8 Å². The van der Waals surface area contributed by atoms with Crippen LogP contribution in [0.4, 0.5) is 11.4 Å². The van der Waals surface area contributed by atoms with Gasteiger partial charge in [-0.05, 0) is 38.1 Å². The van der Waals surface area contributed by atoms with Crippen LogP contribution in [0.25, 0.3) is 0 Å². The molecule has 0 radical (unpaired) electrons. The molecule has 24 heavy (non-hydrogen) atoms. The summed E-state index contributed by atoms with van der Waals surface area (Å²) in [7, 11) is -7.95. The Morgan fingerprint density at radius 1 is 1.25 bits per heavy atom. The first-order valence-electron chi connectivity index (χ1n) is 7.03. The maximum atomic E-state index is 12.2. The number of hydrogen-bond acceptors (Lipinski definition) is 7. The molecule has 1 aromatic carbocycles. The van der Waals surface area contributed by atoms with Crippen molar-refractivity contribution in [2.75, 3.05) is 23.7 Å². The molecule has 10 nitrogen and oxygen atoms in total. The van der Waals surface area contributed by atoms with Gasteiger partial charge >= 0.3 is 0 Å². The highest BCUT2D eigenvalue weighted by Crippen LogP contribution is 2.35. The average Bonchev–Trinajstić information content (AvgIpc) is 2.46. The average molecular weight is 378 g/mol. The summed E-state index contributed by atoms with van der Waals surface area (Å²) in [5, 5.41) is 19.4. The Labute approximate surface area is 139 Å². The third-order valence-corrected chi connectivity index (χ3v) is 5.83. The van der Waals surface area contributed by atoms with Crippen molar-refractivity contribution in [1.82, 2.24) is 5.32 Å². The predicted molar refractivity (Wildman–Crippen MR) is 87.7 cm³/mol. The summed E-state index contributed by atoms with van der Waals surface area (Å²) < 4.78 is 48.3. The van der Waals surface area contributed by atoms with Crippen molar-refractivity contribution in [3.05, 3.63) is 28.3 Å². The topological polar surface area (TPSA) is 153 Å². The molecule has 0 spiro atoms. The summed E-state index contributed by atoms with van der Waals surface area (Å²) in [6.07, 6.45) is 1.94. The number of anilines is 1. The minimum Gasteiger partial charge on any atom is -0.317 e. The molecule has 0 bridgehead atoms. The molecule has 2 rings (SSSR count). The molecule has 1 aliphatic heterocycles. The van der Waals surface area contributed by atoms with Gasteiger partial charge in [-0.2, -0.15) is 0 Å². The van der Waals surface area contributed by atoms with E-state index >= 15 is 0 Å². The maximum absolute atomic E-state index is 12.2. The second-order valence-electron chi connectivity index (χ2n) is 5.49. The van der Waals surface area contributed by atoms with E-state index in [9.17, 15) is 26.9 Å². The van der Waals surface area contributed by atoms with E-state index in [2.05, 4.69) is 5.32 Å². The molecule has 0 unspecified atom stereocenters. The molecule has 1 fully saturated rings. The number of nitro groups is 1. The zero-order valence-corrected chi connectivity index (χ0v) is 14.5. The third-order valence-electron chi connectivity index (χ3n) is 3.71. The number of primary sulfonamides is 1. The summed E-state index contributed by atoms with van der Waals surface area (Å²) in [5.74, 6) is 0. The van der Waals surface area contributed by atoms with Crippen LogP contribution in [0.1, 0.15) is 12.8 Å². The van der Waals surface area contributed by atoms with Crippen LogP contribution >= 0.6 is 0 Å². The molecule has 12 heteroatoms. The van der Waals surface area contributed by atoms with Gasteiger partial charge in [0, 0.05) is 12.1 Å². The van der Waals surface area contributed by atoms with Crippen molar-refractivity contribution in [3.63, 3.8) is 0 Å². The van der Waals surface area contributed by atoms with Gasteiger partial charge in [0.1, 0.15) is 5.69 Å². The van der Waals surface area contributed by atoms with Crippen LogP contribution < -0.4 is 14.8 Å². The van der Waals surface area contributed by atoms with Crippen LogP contribution in [0.3, 0.4) is 0 Å².